The molecule has 0 saturated heterocycles. The number of anilines is 1. The van der Waals surface area contributed by atoms with Crippen molar-refractivity contribution < 1.29 is 4.92 Å². The van der Waals surface area contributed by atoms with Gasteiger partial charge in [0.25, 0.3) is 5.56 Å². The summed E-state index contributed by atoms with van der Waals surface area (Å²) >= 11 is 0.958. The zero-order valence-electron chi connectivity index (χ0n) is 12.2. The van der Waals surface area contributed by atoms with Crippen molar-refractivity contribution in [3.63, 3.8) is 0 Å². The van der Waals surface area contributed by atoms with E-state index in [0.29, 0.717) is 17.1 Å². The Balaban J connectivity index is 1.77. The molecule has 0 aliphatic carbocycles. The Morgan fingerprint density at radius 2 is 2.17 bits per heavy atom. The molecule has 0 saturated carbocycles. The van der Waals surface area contributed by atoms with Gasteiger partial charge in [0, 0.05) is 11.4 Å². The molecule has 1 aromatic carbocycles. The van der Waals surface area contributed by atoms with Crippen molar-refractivity contribution >= 4 is 32.2 Å². The maximum atomic E-state index is 12.4. The summed E-state index contributed by atoms with van der Waals surface area (Å²) in [5, 5.41) is 19.7. The van der Waals surface area contributed by atoms with Crippen molar-refractivity contribution in [1.82, 2.24) is 14.8 Å². The number of hydrogen-bond donors (Lipinski definition) is 1. The molecular weight excluding hydrogens is 318 g/mol. The van der Waals surface area contributed by atoms with Crippen LogP contribution in [0.2, 0.25) is 0 Å². The topological polar surface area (TPSA) is 103 Å². The predicted molar refractivity (Wildman–Crippen MR) is 87.9 cm³/mol. The highest BCUT2D eigenvalue weighted by Crippen LogP contribution is 2.25. The lowest BCUT2D eigenvalue weighted by Gasteiger charge is -2.13. The van der Waals surface area contributed by atoms with Crippen LogP contribution >= 0.6 is 11.3 Å². The van der Waals surface area contributed by atoms with Crippen LogP contribution in [0, 0.1) is 10.1 Å². The first kappa shape index (κ1) is 15.1. The number of benzene rings is 1. The van der Waals surface area contributed by atoms with Gasteiger partial charge in [0.05, 0.1) is 23.1 Å². The number of nitro groups is 1. The van der Waals surface area contributed by atoms with Gasteiger partial charge in [0.2, 0.25) is 0 Å². The van der Waals surface area contributed by atoms with Crippen molar-refractivity contribution in [2.75, 3.05) is 5.32 Å². The predicted octanol–water partition coefficient (Wildman–Crippen LogP) is 2.26. The zero-order chi connectivity index (χ0) is 16.4. The molecule has 0 fully saturated rings. The highest BCUT2D eigenvalue weighted by Gasteiger charge is 2.14. The summed E-state index contributed by atoms with van der Waals surface area (Å²) in [6.07, 6.45) is 2.86. The normalized spacial score (nSPS) is 12.2. The summed E-state index contributed by atoms with van der Waals surface area (Å²) in [5.41, 5.74) is -0.165. The van der Waals surface area contributed by atoms with E-state index in [1.54, 1.807) is 12.3 Å². The smallest absolute Gasteiger partial charge is 0.345 e. The average molecular weight is 331 g/mol. The molecule has 1 N–H and O–H groups in total. The van der Waals surface area contributed by atoms with Gasteiger partial charge in [-0.2, -0.15) is 5.10 Å². The summed E-state index contributed by atoms with van der Waals surface area (Å²) in [4.78, 5) is 26.5. The molecule has 0 radical (unpaired) electrons. The van der Waals surface area contributed by atoms with E-state index in [0.717, 1.165) is 16.7 Å². The summed E-state index contributed by atoms with van der Waals surface area (Å²) in [5.74, 6) is 0. The first-order valence-electron chi connectivity index (χ1n) is 6.86. The van der Waals surface area contributed by atoms with E-state index in [-0.39, 0.29) is 16.6 Å². The summed E-state index contributed by atoms with van der Waals surface area (Å²) in [6, 6.07) is 7.10. The molecule has 0 spiro atoms. The summed E-state index contributed by atoms with van der Waals surface area (Å²) < 4.78 is 1.38. The van der Waals surface area contributed by atoms with E-state index in [1.165, 1.54) is 10.9 Å². The van der Waals surface area contributed by atoms with Gasteiger partial charge in [-0.15, -0.1) is 0 Å². The van der Waals surface area contributed by atoms with E-state index in [2.05, 4.69) is 15.4 Å². The molecule has 0 bridgehead atoms. The molecule has 8 nitrogen and oxygen atoms in total. The number of nitrogens with zero attached hydrogens (tertiary/aromatic N) is 4. The molecule has 0 aliphatic rings. The van der Waals surface area contributed by atoms with E-state index < -0.39 is 4.92 Å². The molecule has 0 aliphatic heterocycles. The Labute approximate surface area is 134 Å². The maximum Gasteiger partial charge on any atom is 0.345 e. The van der Waals surface area contributed by atoms with Crippen molar-refractivity contribution in [2.45, 2.75) is 19.5 Å². The number of aromatic nitrogens is 3. The van der Waals surface area contributed by atoms with Crippen LogP contribution in [0.3, 0.4) is 0 Å². The molecule has 0 amide bonds. The molecule has 9 heteroatoms. The highest BCUT2D eigenvalue weighted by molar-refractivity contribution is 7.18. The second-order valence-electron chi connectivity index (χ2n) is 5.03. The Kier molecular flexibility index (Phi) is 4.02. The average Bonchev–Trinajstić information content (AvgIpc) is 2.99. The lowest BCUT2D eigenvalue weighted by Crippen LogP contribution is -2.31. The first-order chi connectivity index (χ1) is 11.0. The van der Waals surface area contributed by atoms with Gasteiger partial charge in [0.15, 0.2) is 5.13 Å². The van der Waals surface area contributed by atoms with E-state index in [9.17, 15) is 14.9 Å². The largest absolute Gasteiger partial charge is 0.357 e. The number of fused-ring (bicyclic) bond motifs is 1. The van der Waals surface area contributed by atoms with Crippen molar-refractivity contribution in [1.29, 1.82) is 0 Å². The quantitative estimate of drug-likeness (QED) is 0.568. The van der Waals surface area contributed by atoms with E-state index in [1.807, 2.05) is 25.1 Å². The third-order valence-electron chi connectivity index (χ3n) is 3.25. The van der Waals surface area contributed by atoms with Gasteiger partial charge < -0.3 is 5.32 Å². The van der Waals surface area contributed by atoms with Crippen molar-refractivity contribution in [3.05, 3.63) is 57.1 Å². The fourth-order valence-electron chi connectivity index (χ4n) is 2.19. The number of hydrogen-bond acceptors (Lipinski definition) is 7. The highest BCUT2D eigenvalue weighted by atomic mass is 32.1. The summed E-state index contributed by atoms with van der Waals surface area (Å²) in [6.45, 7) is 2.19. The zero-order valence-corrected chi connectivity index (χ0v) is 13.0. The fourth-order valence-corrected chi connectivity index (χ4v) is 2.93. The Morgan fingerprint density at radius 3 is 2.91 bits per heavy atom. The SMILES string of the molecule is C[C@@H](Cn1ncc2ccccc2c1=O)Nc1ncc([N+](=O)[O-])s1. The number of thiazole rings is 1. The number of rotatable bonds is 5. The Bertz CT molecular complexity index is 920. The van der Waals surface area contributed by atoms with Gasteiger partial charge >= 0.3 is 5.00 Å². The van der Waals surface area contributed by atoms with Crippen LogP contribution in [0.4, 0.5) is 10.1 Å². The maximum absolute atomic E-state index is 12.4. The monoisotopic (exact) mass is 331 g/mol. The van der Waals surface area contributed by atoms with Crippen LogP contribution in [0.5, 0.6) is 0 Å². The third-order valence-corrected chi connectivity index (χ3v) is 4.13. The Morgan fingerprint density at radius 1 is 1.39 bits per heavy atom. The second kappa shape index (κ2) is 6.13. The van der Waals surface area contributed by atoms with Crippen LogP contribution in [0.1, 0.15) is 6.92 Å². The molecule has 23 heavy (non-hydrogen) atoms. The molecule has 2 heterocycles. The lowest BCUT2D eigenvalue weighted by atomic mass is 10.2. The fraction of sp³-hybridized carbons (Fsp3) is 0.214. The van der Waals surface area contributed by atoms with Crippen LogP contribution in [0.25, 0.3) is 10.8 Å². The van der Waals surface area contributed by atoms with Crippen LogP contribution in [-0.2, 0) is 6.54 Å². The molecule has 2 aromatic heterocycles. The van der Waals surface area contributed by atoms with Gasteiger partial charge in [0.1, 0.15) is 6.20 Å². The van der Waals surface area contributed by atoms with Crippen LogP contribution in [-0.4, -0.2) is 25.7 Å². The van der Waals surface area contributed by atoms with Crippen LogP contribution < -0.4 is 10.9 Å². The molecule has 0 unspecified atom stereocenters. The standard InChI is InChI=1S/C14H13N5O3S/c1-9(17-14-15-7-12(23-14)19(21)22)8-18-13(20)11-5-3-2-4-10(11)6-16-18/h2-7,9H,8H2,1H3,(H,15,17)/t9-/m0/s1. The minimum atomic E-state index is -0.483. The number of nitrogens with one attached hydrogen (secondary N) is 1. The molecule has 1 atom stereocenters. The minimum Gasteiger partial charge on any atom is -0.357 e. The Hall–Kier alpha value is -2.81. The van der Waals surface area contributed by atoms with Gasteiger partial charge in [-0.25, -0.2) is 9.67 Å². The van der Waals surface area contributed by atoms with E-state index in [4.69, 9.17) is 0 Å². The van der Waals surface area contributed by atoms with Crippen LogP contribution in [0.15, 0.2) is 41.5 Å². The minimum absolute atomic E-state index is 0.0271. The third kappa shape index (κ3) is 3.19. The van der Waals surface area contributed by atoms with E-state index >= 15 is 0 Å². The molecule has 3 aromatic rings. The first-order valence-corrected chi connectivity index (χ1v) is 7.68. The van der Waals surface area contributed by atoms with Crippen molar-refractivity contribution in [2.24, 2.45) is 0 Å². The molecule has 118 valence electrons. The van der Waals surface area contributed by atoms with Gasteiger partial charge in [-0.3, -0.25) is 14.9 Å². The molecule has 3 rings (SSSR count). The van der Waals surface area contributed by atoms with Gasteiger partial charge in [-0.05, 0) is 24.3 Å². The molecular formula is C14H13N5O3S. The van der Waals surface area contributed by atoms with Gasteiger partial charge in [-0.1, -0.05) is 18.2 Å². The lowest BCUT2D eigenvalue weighted by molar-refractivity contribution is -0.380. The summed E-state index contributed by atoms with van der Waals surface area (Å²) in [7, 11) is 0. The van der Waals surface area contributed by atoms with Crippen molar-refractivity contribution in [3.8, 4) is 0 Å². The second-order valence-corrected chi connectivity index (χ2v) is 6.03.